The van der Waals surface area contributed by atoms with E-state index < -0.39 is 0 Å². The molecule has 2 heteroatoms. The Kier molecular flexibility index (Phi) is 7.92. The predicted molar refractivity (Wildman–Crippen MR) is 86.5 cm³/mol. The van der Waals surface area contributed by atoms with Crippen LogP contribution < -0.4 is 0 Å². The Morgan fingerprint density at radius 1 is 1.33 bits per heavy atom. The molecule has 0 nitrogen and oxygen atoms in total. The summed E-state index contributed by atoms with van der Waals surface area (Å²) in [6.07, 6.45) is 2.24. The second-order valence-electron chi connectivity index (χ2n) is 3.77. The fourth-order valence-corrected chi connectivity index (χ4v) is 2.59. The SMILES string of the molecule is C=C=C(C)/C(I)=C(/C)C(C)C(C)/C=C/I. The fraction of sp³-hybridized carbons (Fsp3) is 0.462. The van der Waals surface area contributed by atoms with Crippen LogP contribution in [-0.2, 0) is 0 Å². The largest absolute Gasteiger partial charge is 0.124 e. The van der Waals surface area contributed by atoms with Crippen molar-refractivity contribution in [3.63, 3.8) is 0 Å². The van der Waals surface area contributed by atoms with Crippen LogP contribution in [0, 0.1) is 11.8 Å². The minimum atomic E-state index is 0.561. The minimum Gasteiger partial charge on any atom is -0.124 e. The molecule has 0 aliphatic rings. The zero-order chi connectivity index (χ0) is 12.0. The first-order chi connectivity index (χ1) is 6.95. The first kappa shape index (κ1) is 15.5. The molecule has 0 bridgehead atoms. The molecule has 0 rings (SSSR count). The monoisotopic (exact) mass is 428 g/mol. The maximum Gasteiger partial charge on any atom is 0.0228 e. The van der Waals surface area contributed by atoms with Gasteiger partial charge in [-0.2, -0.15) is 0 Å². The first-order valence-electron chi connectivity index (χ1n) is 4.95. The molecule has 0 aliphatic carbocycles. The van der Waals surface area contributed by atoms with Gasteiger partial charge in [0.05, 0.1) is 0 Å². The first-order valence-corrected chi connectivity index (χ1v) is 7.28. The summed E-state index contributed by atoms with van der Waals surface area (Å²) in [4.78, 5) is 0. The van der Waals surface area contributed by atoms with E-state index in [9.17, 15) is 0 Å². The van der Waals surface area contributed by atoms with Crippen molar-refractivity contribution in [2.45, 2.75) is 27.7 Å². The molecule has 15 heavy (non-hydrogen) atoms. The molecular weight excluding hydrogens is 410 g/mol. The van der Waals surface area contributed by atoms with Gasteiger partial charge in [-0.05, 0) is 52.4 Å². The van der Waals surface area contributed by atoms with E-state index in [1.54, 1.807) is 0 Å². The molecule has 0 radical (unpaired) electrons. The van der Waals surface area contributed by atoms with Crippen molar-refractivity contribution in [3.8, 4) is 0 Å². The normalized spacial score (nSPS) is 16.9. The maximum atomic E-state index is 3.69. The van der Waals surface area contributed by atoms with E-state index in [2.05, 4.69) is 95.3 Å². The fourth-order valence-electron chi connectivity index (χ4n) is 1.25. The van der Waals surface area contributed by atoms with E-state index in [0.717, 1.165) is 5.57 Å². The van der Waals surface area contributed by atoms with Crippen LogP contribution in [0.25, 0.3) is 0 Å². The maximum absolute atomic E-state index is 3.69. The van der Waals surface area contributed by atoms with Crippen LogP contribution in [0.4, 0.5) is 0 Å². The standard InChI is InChI=1S/C13H18I2/c1-6-9(2)13(15)12(5)11(4)10(3)7-8-14/h7-8,10-11H,1H2,2-5H3/b8-7+,13-12+. The van der Waals surface area contributed by atoms with Crippen LogP contribution in [0.5, 0.6) is 0 Å². The molecule has 0 amide bonds. The quantitative estimate of drug-likeness (QED) is 0.309. The van der Waals surface area contributed by atoms with E-state index in [1.807, 2.05) is 0 Å². The van der Waals surface area contributed by atoms with Gasteiger partial charge in [0, 0.05) is 9.15 Å². The average Bonchev–Trinajstić information content (AvgIpc) is 2.25. The van der Waals surface area contributed by atoms with Gasteiger partial charge in [-0.25, -0.2) is 0 Å². The van der Waals surface area contributed by atoms with Crippen LogP contribution in [-0.4, -0.2) is 0 Å². The minimum absolute atomic E-state index is 0.561. The molecule has 0 aliphatic heterocycles. The van der Waals surface area contributed by atoms with Crippen molar-refractivity contribution in [1.82, 2.24) is 0 Å². The molecule has 0 saturated heterocycles. The van der Waals surface area contributed by atoms with Gasteiger partial charge in [0.25, 0.3) is 0 Å². The highest BCUT2D eigenvalue weighted by Gasteiger charge is 2.14. The van der Waals surface area contributed by atoms with Crippen LogP contribution in [0.2, 0.25) is 0 Å². The average molecular weight is 428 g/mol. The van der Waals surface area contributed by atoms with Crippen LogP contribution in [0.15, 0.2) is 37.2 Å². The predicted octanol–water partition coefficient (Wildman–Crippen LogP) is 5.65. The van der Waals surface area contributed by atoms with Crippen molar-refractivity contribution in [1.29, 1.82) is 0 Å². The van der Waals surface area contributed by atoms with Crippen LogP contribution in [0.3, 0.4) is 0 Å². The van der Waals surface area contributed by atoms with E-state index >= 15 is 0 Å². The van der Waals surface area contributed by atoms with Gasteiger partial charge in [-0.15, -0.1) is 5.73 Å². The third kappa shape index (κ3) is 4.87. The third-order valence-electron chi connectivity index (χ3n) is 2.79. The molecule has 0 aromatic rings. The smallest absolute Gasteiger partial charge is 0.0228 e. The molecule has 0 fully saturated rings. The third-order valence-corrected chi connectivity index (χ3v) is 4.86. The lowest BCUT2D eigenvalue weighted by Gasteiger charge is -2.19. The van der Waals surface area contributed by atoms with Crippen molar-refractivity contribution in [2.75, 3.05) is 0 Å². The lowest BCUT2D eigenvalue weighted by molar-refractivity contribution is 0.529. The van der Waals surface area contributed by atoms with Crippen LogP contribution in [0.1, 0.15) is 27.7 Å². The number of halogens is 2. The Hall–Kier alpha value is 0.460. The Bertz CT molecular complexity index is 317. The van der Waals surface area contributed by atoms with Gasteiger partial charge in [0.2, 0.25) is 0 Å². The van der Waals surface area contributed by atoms with Gasteiger partial charge in [0.15, 0.2) is 0 Å². The van der Waals surface area contributed by atoms with Crippen LogP contribution >= 0.6 is 45.2 Å². The molecule has 0 heterocycles. The molecule has 0 aromatic carbocycles. The van der Waals surface area contributed by atoms with Gasteiger partial charge in [-0.3, -0.25) is 0 Å². The van der Waals surface area contributed by atoms with E-state index in [1.165, 1.54) is 9.15 Å². The topological polar surface area (TPSA) is 0 Å². The molecule has 0 saturated carbocycles. The molecule has 0 spiro atoms. The van der Waals surface area contributed by atoms with Crippen molar-refractivity contribution in [3.05, 3.63) is 37.2 Å². The highest BCUT2D eigenvalue weighted by molar-refractivity contribution is 14.1. The second-order valence-corrected chi connectivity index (χ2v) is 5.56. The Balaban J connectivity index is 4.99. The molecular formula is C13H18I2. The second kappa shape index (κ2) is 7.69. The van der Waals surface area contributed by atoms with E-state index in [4.69, 9.17) is 0 Å². The van der Waals surface area contributed by atoms with Gasteiger partial charge >= 0.3 is 0 Å². The number of hydrogen-bond donors (Lipinski definition) is 0. The number of hydrogen-bond acceptors (Lipinski definition) is 0. The highest BCUT2D eigenvalue weighted by Crippen LogP contribution is 2.30. The summed E-state index contributed by atoms with van der Waals surface area (Å²) >= 11 is 4.66. The summed E-state index contributed by atoms with van der Waals surface area (Å²) in [5.41, 5.74) is 5.52. The lowest BCUT2D eigenvalue weighted by Crippen LogP contribution is -2.07. The summed E-state index contributed by atoms with van der Waals surface area (Å²) in [7, 11) is 0. The summed E-state index contributed by atoms with van der Waals surface area (Å²) in [5, 5.41) is 0. The zero-order valence-corrected chi connectivity index (χ0v) is 14.1. The van der Waals surface area contributed by atoms with E-state index in [-0.39, 0.29) is 0 Å². The van der Waals surface area contributed by atoms with Gasteiger partial charge in [0.1, 0.15) is 0 Å². The summed E-state index contributed by atoms with van der Waals surface area (Å²) in [5.74, 6) is 1.13. The Labute approximate surface area is 121 Å². The molecule has 0 N–H and O–H groups in total. The lowest BCUT2D eigenvalue weighted by atomic mass is 9.89. The van der Waals surface area contributed by atoms with Crippen molar-refractivity contribution >= 4 is 45.2 Å². The molecule has 0 aromatic heterocycles. The summed E-state index contributed by atoms with van der Waals surface area (Å²) < 4.78 is 3.39. The molecule has 2 atom stereocenters. The molecule has 2 unspecified atom stereocenters. The summed E-state index contributed by atoms with van der Waals surface area (Å²) in [6.45, 7) is 12.5. The molecule has 84 valence electrons. The highest BCUT2D eigenvalue weighted by atomic mass is 127. The number of rotatable bonds is 4. The zero-order valence-electron chi connectivity index (χ0n) is 9.77. The number of allylic oxidation sites excluding steroid dienone is 4. The summed E-state index contributed by atoms with van der Waals surface area (Å²) in [6, 6.07) is 0. The Morgan fingerprint density at radius 3 is 2.27 bits per heavy atom. The Morgan fingerprint density at radius 2 is 1.87 bits per heavy atom. The van der Waals surface area contributed by atoms with Crippen molar-refractivity contribution < 1.29 is 0 Å². The van der Waals surface area contributed by atoms with Gasteiger partial charge in [-0.1, -0.05) is 54.7 Å². The van der Waals surface area contributed by atoms with Crippen molar-refractivity contribution in [2.24, 2.45) is 11.8 Å². The van der Waals surface area contributed by atoms with Gasteiger partial charge < -0.3 is 0 Å². The van der Waals surface area contributed by atoms with E-state index in [0.29, 0.717) is 11.8 Å².